The summed E-state index contributed by atoms with van der Waals surface area (Å²) in [5.74, 6) is 0. The van der Waals surface area contributed by atoms with Crippen LogP contribution in [0.4, 0.5) is 5.69 Å². The van der Waals surface area contributed by atoms with E-state index in [1.165, 1.54) is 18.4 Å². The number of non-ortho nitro benzene ring substituents is 1. The lowest BCUT2D eigenvalue weighted by atomic mass is 10.1. The van der Waals surface area contributed by atoms with Crippen LogP contribution in [-0.2, 0) is 0 Å². The van der Waals surface area contributed by atoms with Gasteiger partial charge in [-0.25, -0.2) is 0 Å². The molecule has 4 nitrogen and oxygen atoms in total. The van der Waals surface area contributed by atoms with E-state index >= 15 is 0 Å². The first kappa shape index (κ1) is 8.50. The van der Waals surface area contributed by atoms with Crippen LogP contribution in [0.5, 0.6) is 0 Å². The highest BCUT2D eigenvalue weighted by molar-refractivity contribution is 5.64. The Hall–Kier alpha value is -2.10. The lowest BCUT2D eigenvalue weighted by Gasteiger charge is -1.95. The Morgan fingerprint density at radius 1 is 1.21 bits per heavy atom. The predicted octanol–water partition coefficient (Wildman–Crippen LogP) is 2.85. The molecular formula is C10H7NO3. The molecule has 14 heavy (non-hydrogen) atoms. The van der Waals surface area contributed by atoms with E-state index in [0.717, 1.165) is 11.1 Å². The van der Waals surface area contributed by atoms with E-state index in [4.69, 9.17) is 4.42 Å². The Labute approximate surface area is 79.9 Å². The van der Waals surface area contributed by atoms with Crippen molar-refractivity contribution in [3.63, 3.8) is 0 Å². The maximum absolute atomic E-state index is 10.5. The second kappa shape index (κ2) is 3.33. The van der Waals surface area contributed by atoms with E-state index in [0.29, 0.717) is 0 Å². The molecule has 0 unspecified atom stereocenters. The quantitative estimate of drug-likeness (QED) is 0.539. The molecule has 1 heterocycles. The molecule has 0 fully saturated rings. The van der Waals surface area contributed by atoms with Crippen molar-refractivity contribution >= 4 is 5.69 Å². The molecule has 1 aromatic heterocycles. The number of hydrogen-bond acceptors (Lipinski definition) is 3. The molecule has 0 amide bonds. The zero-order chi connectivity index (χ0) is 9.97. The molecule has 70 valence electrons. The van der Waals surface area contributed by atoms with Gasteiger partial charge in [0.15, 0.2) is 0 Å². The van der Waals surface area contributed by atoms with Crippen LogP contribution in [0.3, 0.4) is 0 Å². The molecule has 0 aliphatic heterocycles. The Kier molecular flexibility index (Phi) is 2.02. The van der Waals surface area contributed by atoms with Crippen LogP contribution in [0.1, 0.15) is 0 Å². The van der Waals surface area contributed by atoms with Crippen LogP contribution in [0.2, 0.25) is 0 Å². The van der Waals surface area contributed by atoms with Gasteiger partial charge in [-0.15, -0.1) is 0 Å². The molecule has 2 aromatic rings. The maximum Gasteiger partial charge on any atom is 0.270 e. The van der Waals surface area contributed by atoms with Gasteiger partial charge in [0.1, 0.15) is 0 Å². The summed E-state index contributed by atoms with van der Waals surface area (Å²) in [7, 11) is 0. The average molecular weight is 189 g/mol. The van der Waals surface area contributed by atoms with Gasteiger partial charge in [0.2, 0.25) is 0 Å². The van der Waals surface area contributed by atoms with Gasteiger partial charge in [-0.1, -0.05) is 12.1 Å². The number of furan rings is 1. The second-order valence-electron chi connectivity index (χ2n) is 2.82. The molecular weight excluding hydrogens is 182 g/mol. The fourth-order valence-electron chi connectivity index (χ4n) is 1.23. The van der Waals surface area contributed by atoms with Crippen LogP contribution in [0.15, 0.2) is 47.3 Å². The standard InChI is InChI=1S/C10H7NO3/c12-11(13)10-3-1-2-8(6-10)9-4-5-14-7-9/h1-7H. The summed E-state index contributed by atoms with van der Waals surface area (Å²) < 4.78 is 4.90. The van der Waals surface area contributed by atoms with Crippen LogP contribution in [-0.4, -0.2) is 4.92 Å². The third-order valence-corrected chi connectivity index (χ3v) is 1.91. The van der Waals surface area contributed by atoms with Crippen molar-refractivity contribution in [3.8, 4) is 11.1 Å². The van der Waals surface area contributed by atoms with Gasteiger partial charge >= 0.3 is 0 Å². The maximum atomic E-state index is 10.5. The number of nitro groups is 1. The monoisotopic (exact) mass is 189 g/mol. The summed E-state index contributed by atoms with van der Waals surface area (Å²) in [6.45, 7) is 0. The molecule has 0 saturated heterocycles. The summed E-state index contributed by atoms with van der Waals surface area (Å²) >= 11 is 0. The lowest BCUT2D eigenvalue weighted by Crippen LogP contribution is -1.87. The van der Waals surface area contributed by atoms with Crippen LogP contribution < -0.4 is 0 Å². The van der Waals surface area contributed by atoms with E-state index in [1.807, 2.05) is 0 Å². The highest BCUT2D eigenvalue weighted by atomic mass is 16.6. The van der Waals surface area contributed by atoms with Crippen LogP contribution in [0, 0.1) is 10.1 Å². The van der Waals surface area contributed by atoms with E-state index in [2.05, 4.69) is 0 Å². The largest absolute Gasteiger partial charge is 0.472 e. The number of hydrogen-bond donors (Lipinski definition) is 0. The Morgan fingerprint density at radius 2 is 2.07 bits per heavy atom. The second-order valence-corrected chi connectivity index (χ2v) is 2.82. The van der Waals surface area contributed by atoms with Gasteiger partial charge in [0, 0.05) is 17.7 Å². The molecule has 0 aliphatic rings. The van der Waals surface area contributed by atoms with Crippen molar-refractivity contribution in [1.82, 2.24) is 0 Å². The molecule has 0 saturated carbocycles. The first-order chi connectivity index (χ1) is 6.77. The molecule has 0 atom stereocenters. The Balaban J connectivity index is 2.46. The summed E-state index contributed by atoms with van der Waals surface area (Å²) in [5.41, 5.74) is 1.71. The lowest BCUT2D eigenvalue weighted by molar-refractivity contribution is -0.384. The summed E-state index contributed by atoms with van der Waals surface area (Å²) in [6, 6.07) is 8.20. The fraction of sp³-hybridized carbons (Fsp3) is 0. The van der Waals surface area contributed by atoms with Crippen LogP contribution >= 0.6 is 0 Å². The average Bonchev–Trinajstić information content (AvgIpc) is 2.71. The highest BCUT2D eigenvalue weighted by Gasteiger charge is 2.06. The van der Waals surface area contributed by atoms with Crippen LogP contribution in [0.25, 0.3) is 11.1 Å². The van der Waals surface area contributed by atoms with Gasteiger partial charge in [-0.05, 0) is 11.6 Å². The van der Waals surface area contributed by atoms with Crippen molar-refractivity contribution in [3.05, 3.63) is 53.0 Å². The van der Waals surface area contributed by atoms with Crippen molar-refractivity contribution < 1.29 is 9.34 Å². The molecule has 0 aliphatic carbocycles. The fourth-order valence-corrected chi connectivity index (χ4v) is 1.23. The molecule has 2 rings (SSSR count). The summed E-state index contributed by atoms with van der Waals surface area (Å²) in [6.07, 6.45) is 3.09. The normalized spacial score (nSPS) is 10.0. The van der Waals surface area contributed by atoms with E-state index in [-0.39, 0.29) is 5.69 Å². The molecule has 0 bridgehead atoms. The van der Waals surface area contributed by atoms with Crippen molar-refractivity contribution in [2.45, 2.75) is 0 Å². The Morgan fingerprint density at radius 3 is 2.71 bits per heavy atom. The van der Waals surface area contributed by atoms with Gasteiger partial charge in [0.05, 0.1) is 17.4 Å². The highest BCUT2D eigenvalue weighted by Crippen LogP contribution is 2.23. The Bertz CT molecular complexity index is 448. The van der Waals surface area contributed by atoms with Gasteiger partial charge in [0.25, 0.3) is 5.69 Å². The minimum absolute atomic E-state index is 0.0868. The van der Waals surface area contributed by atoms with Gasteiger partial charge in [-0.2, -0.15) is 0 Å². The third kappa shape index (κ3) is 1.50. The minimum Gasteiger partial charge on any atom is -0.472 e. The number of benzene rings is 1. The number of nitro benzene ring substituents is 1. The van der Waals surface area contributed by atoms with E-state index in [9.17, 15) is 10.1 Å². The first-order valence-corrected chi connectivity index (χ1v) is 4.04. The van der Waals surface area contributed by atoms with Crippen molar-refractivity contribution in [2.24, 2.45) is 0 Å². The summed E-state index contributed by atoms with van der Waals surface area (Å²) in [5, 5.41) is 10.5. The summed E-state index contributed by atoms with van der Waals surface area (Å²) in [4.78, 5) is 10.1. The predicted molar refractivity (Wildman–Crippen MR) is 50.8 cm³/mol. The zero-order valence-electron chi connectivity index (χ0n) is 7.21. The molecule has 4 heteroatoms. The van der Waals surface area contributed by atoms with Crippen molar-refractivity contribution in [1.29, 1.82) is 0 Å². The van der Waals surface area contributed by atoms with Gasteiger partial charge in [-0.3, -0.25) is 10.1 Å². The van der Waals surface area contributed by atoms with E-state index < -0.39 is 4.92 Å². The third-order valence-electron chi connectivity index (χ3n) is 1.91. The van der Waals surface area contributed by atoms with Crippen molar-refractivity contribution in [2.75, 3.05) is 0 Å². The van der Waals surface area contributed by atoms with E-state index in [1.54, 1.807) is 24.5 Å². The number of nitrogens with zero attached hydrogens (tertiary/aromatic N) is 1. The smallest absolute Gasteiger partial charge is 0.270 e. The topological polar surface area (TPSA) is 56.3 Å². The van der Waals surface area contributed by atoms with Gasteiger partial charge < -0.3 is 4.42 Å². The number of rotatable bonds is 2. The molecule has 0 radical (unpaired) electrons. The molecule has 1 aromatic carbocycles. The minimum atomic E-state index is -0.413. The SMILES string of the molecule is O=[N+]([O-])c1cccc(-c2ccoc2)c1. The first-order valence-electron chi connectivity index (χ1n) is 4.04. The molecule has 0 N–H and O–H groups in total. The zero-order valence-corrected chi connectivity index (χ0v) is 7.21. The molecule has 0 spiro atoms.